The number of carbonyl (C=O) groups excluding carboxylic acids is 1. The van der Waals surface area contributed by atoms with E-state index >= 15 is 0 Å². The van der Waals surface area contributed by atoms with Crippen molar-refractivity contribution in [2.45, 2.75) is 31.9 Å². The summed E-state index contributed by atoms with van der Waals surface area (Å²) in [6.07, 6.45) is 0.714. The minimum Gasteiger partial charge on any atom is -0.490 e. The highest BCUT2D eigenvalue weighted by atomic mass is 16.6. The number of hydrogen-bond acceptors (Lipinski definition) is 5. The standard InChI is InChI=1S/C21H22N2O4/c1-14(16-8-9-18-19(12-16)26-11-5-10-25-18)22-21(24)20-13-17(23-27-20)15-6-3-2-4-7-15/h2-4,6-9,12,14,20H,5,10-11,13H2,1H3,(H,22,24)/t14-,20+/m0/s1. The maximum atomic E-state index is 12.6. The largest absolute Gasteiger partial charge is 0.490 e. The van der Waals surface area contributed by atoms with Crippen LogP contribution in [0, 0.1) is 0 Å². The molecule has 6 heteroatoms. The predicted octanol–water partition coefficient (Wildman–Crippen LogP) is 3.22. The van der Waals surface area contributed by atoms with Crippen LogP contribution in [0.25, 0.3) is 0 Å². The van der Waals surface area contributed by atoms with Gasteiger partial charge in [0.05, 0.1) is 25.0 Å². The summed E-state index contributed by atoms with van der Waals surface area (Å²) < 4.78 is 11.4. The smallest absolute Gasteiger partial charge is 0.264 e. The van der Waals surface area contributed by atoms with Crippen molar-refractivity contribution in [1.82, 2.24) is 5.32 Å². The fourth-order valence-electron chi connectivity index (χ4n) is 3.16. The van der Waals surface area contributed by atoms with Crippen molar-refractivity contribution in [3.63, 3.8) is 0 Å². The Morgan fingerprint density at radius 2 is 1.89 bits per heavy atom. The number of amides is 1. The van der Waals surface area contributed by atoms with Crippen LogP contribution >= 0.6 is 0 Å². The zero-order valence-corrected chi connectivity index (χ0v) is 15.2. The third-order valence-corrected chi connectivity index (χ3v) is 4.70. The van der Waals surface area contributed by atoms with Crippen molar-refractivity contribution < 1.29 is 19.1 Å². The number of rotatable bonds is 4. The van der Waals surface area contributed by atoms with Gasteiger partial charge < -0.3 is 19.6 Å². The van der Waals surface area contributed by atoms with Gasteiger partial charge in [0.2, 0.25) is 6.10 Å². The lowest BCUT2D eigenvalue weighted by atomic mass is 10.0. The predicted molar refractivity (Wildman–Crippen MR) is 101 cm³/mol. The van der Waals surface area contributed by atoms with Crippen LogP contribution in [0.1, 0.15) is 36.9 Å². The number of oxime groups is 1. The van der Waals surface area contributed by atoms with Gasteiger partial charge >= 0.3 is 0 Å². The molecule has 0 spiro atoms. The van der Waals surface area contributed by atoms with Crippen molar-refractivity contribution in [3.05, 3.63) is 59.7 Å². The second kappa shape index (κ2) is 7.70. The Labute approximate surface area is 158 Å². The van der Waals surface area contributed by atoms with E-state index in [4.69, 9.17) is 14.3 Å². The molecule has 0 unspecified atom stereocenters. The molecule has 4 rings (SSSR count). The number of nitrogens with zero attached hydrogens (tertiary/aromatic N) is 1. The lowest BCUT2D eigenvalue weighted by Gasteiger charge is -2.18. The van der Waals surface area contributed by atoms with E-state index in [0.717, 1.165) is 34.8 Å². The maximum absolute atomic E-state index is 12.6. The normalized spacial score (nSPS) is 19.4. The Kier molecular flexibility index (Phi) is 4.96. The molecule has 140 valence electrons. The van der Waals surface area contributed by atoms with Gasteiger partial charge in [-0.05, 0) is 30.2 Å². The van der Waals surface area contributed by atoms with E-state index < -0.39 is 6.10 Å². The number of benzene rings is 2. The maximum Gasteiger partial charge on any atom is 0.264 e. The van der Waals surface area contributed by atoms with Crippen molar-refractivity contribution in [1.29, 1.82) is 0 Å². The number of fused-ring (bicyclic) bond motifs is 1. The lowest BCUT2D eigenvalue weighted by Crippen LogP contribution is -2.36. The van der Waals surface area contributed by atoms with Gasteiger partial charge in [-0.3, -0.25) is 4.79 Å². The number of nitrogens with one attached hydrogen (secondary N) is 1. The van der Waals surface area contributed by atoms with E-state index in [0.29, 0.717) is 19.6 Å². The average Bonchev–Trinajstić information content (AvgIpc) is 3.08. The topological polar surface area (TPSA) is 69.2 Å². The molecule has 2 aromatic carbocycles. The first-order valence-corrected chi connectivity index (χ1v) is 9.19. The van der Waals surface area contributed by atoms with E-state index in [-0.39, 0.29) is 11.9 Å². The fraction of sp³-hybridized carbons (Fsp3) is 0.333. The second-order valence-corrected chi connectivity index (χ2v) is 6.69. The number of hydrogen-bond donors (Lipinski definition) is 1. The highest BCUT2D eigenvalue weighted by Gasteiger charge is 2.30. The summed E-state index contributed by atoms with van der Waals surface area (Å²) >= 11 is 0. The van der Waals surface area contributed by atoms with Gasteiger partial charge in [0.25, 0.3) is 5.91 Å². The monoisotopic (exact) mass is 366 g/mol. The van der Waals surface area contributed by atoms with Gasteiger partial charge in [0.1, 0.15) is 0 Å². The molecule has 0 saturated carbocycles. The summed E-state index contributed by atoms with van der Waals surface area (Å²) in [6.45, 7) is 3.22. The van der Waals surface area contributed by atoms with Crippen LogP contribution in [0.5, 0.6) is 11.5 Å². The van der Waals surface area contributed by atoms with Crippen LogP contribution in [0.3, 0.4) is 0 Å². The molecule has 1 N–H and O–H groups in total. The Morgan fingerprint density at radius 3 is 2.70 bits per heavy atom. The first-order chi connectivity index (χ1) is 13.2. The number of ether oxygens (including phenoxy) is 2. The third kappa shape index (κ3) is 3.89. The fourth-order valence-corrected chi connectivity index (χ4v) is 3.16. The highest BCUT2D eigenvalue weighted by Crippen LogP contribution is 2.32. The molecular formula is C21H22N2O4. The average molecular weight is 366 g/mol. The zero-order valence-electron chi connectivity index (χ0n) is 15.2. The first kappa shape index (κ1) is 17.4. The van der Waals surface area contributed by atoms with Gasteiger partial charge in [-0.25, -0.2) is 0 Å². The van der Waals surface area contributed by atoms with E-state index in [9.17, 15) is 4.79 Å². The van der Waals surface area contributed by atoms with Crippen molar-refractivity contribution in [2.24, 2.45) is 5.16 Å². The van der Waals surface area contributed by atoms with Crippen molar-refractivity contribution in [3.8, 4) is 11.5 Å². The molecule has 6 nitrogen and oxygen atoms in total. The molecule has 0 aromatic heterocycles. The van der Waals surface area contributed by atoms with Gasteiger partial charge in [-0.1, -0.05) is 41.6 Å². The molecule has 0 radical (unpaired) electrons. The molecule has 2 aliphatic heterocycles. The van der Waals surface area contributed by atoms with E-state index in [1.165, 1.54) is 0 Å². The van der Waals surface area contributed by atoms with Crippen LogP contribution in [0.15, 0.2) is 53.7 Å². The minimum atomic E-state index is -0.608. The molecule has 0 fully saturated rings. The Morgan fingerprint density at radius 1 is 1.11 bits per heavy atom. The van der Waals surface area contributed by atoms with Crippen LogP contribution in [0.2, 0.25) is 0 Å². The van der Waals surface area contributed by atoms with Gasteiger partial charge in [-0.2, -0.15) is 0 Å². The van der Waals surface area contributed by atoms with E-state index in [2.05, 4.69) is 10.5 Å². The van der Waals surface area contributed by atoms with Gasteiger partial charge in [-0.15, -0.1) is 0 Å². The number of carbonyl (C=O) groups is 1. The Bertz CT molecular complexity index is 851. The van der Waals surface area contributed by atoms with E-state index in [1.807, 2.05) is 55.5 Å². The van der Waals surface area contributed by atoms with Crippen LogP contribution < -0.4 is 14.8 Å². The quantitative estimate of drug-likeness (QED) is 0.902. The molecule has 0 saturated heterocycles. The Hall–Kier alpha value is -3.02. The summed E-state index contributed by atoms with van der Waals surface area (Å²) in [4.78, 5) is 17.9. The van der Waals surface area contributed by atoms with Crippen LogP contribution in [-0.2, 0) is 9.63 Å². The molecule has 27 heavy (non-hydrogen) atoms. The van der Waals surface area contributed by atoms with Gasteiger partial charge in [0.15, 0.2) is 11.5 Å². The molecular weight excluding hydrogens is 344 g/mol. The van der Waals surface area contributed by atoms with Crippen molar-refractivity contribution >= 4 is 11.6 Å². The summed E-state index contributed by atoms with van der Waals surface area (Å²) in [6, 6.07) is 15.3. The van der Waals surface area contributed by atoms with Crippen molar-refractivity contribution in [2.75, 3.05) is 13.2 Å². The lowest BCUT2D eigenvalue weighted by molar-refractivity contribution is -0.131. The minimum absolute atomic E-state index is 0.177. The van der Waals surface area contributed by atoms with E-state index in [1.54, 1.807) is 0 Å². The highest BCUT2D eigenvalue weighted by molar-refractivity contribution is 6.04. The first-order valence-electron chi connectivity index (χ1n) is 9.19. The second-order valence-electron chi connectivity index (χ2n) is 6.69. The van der Waals surface area contributed by atoms with Gasteiger partial charge in [0, 0.05) is 12.8 Å². The molecule has 0 bridgehead atoms. The van der Waals surface area contributed by atoms with Crippen LogP contribution in [0.4, 0.5) is 0 Å². The third-order valence-electron chi connectivity index (χ3n) is 4.70. The van der Waals surface area contributed by atoms with Crippen LogP contribution in [-0.4, -0.2) is 30.9 Å². The SMILES string of the molecule is C[C@H](NC(=O)[C@H]1CC(c2ccccc2)=NO1)c1ccc2c(c1)OCCCO2. The molecule has 2 aromatic rings. The molecule has 0 aliphatic carbocycles. The summed E-state index contributed by atoms with van der Waals surface area (Å²) in [5.74, 6) is 1.29. The molecule has 2 atom stereocenters. The summed E-state index contributed by atoms with van der Waals surface area (Å²) in [5, 5.41) is 7.07. The Balaban J connectivity index is 1.38. The summed E-state index contributed by atoms with van der Waals surface area (Å²) in [7, 11) is 0. The summed E-state index contributed by atoms with van der Waals surface area (Å²) in [5.41, 5.74) is 2.72. The molecule has 2 aliphatic rings. The molecule has 1 amide bonds. The molecule has 2 heterocycles. The zero-order chi connectivity index (χ0) is 18.6.